The van der Waals surface area contributed by atoms with Gasteiger partial charge in [-0.05, 0) is 30.9 Å². The van der Waals surface area contributed by atoms with Crippen molar-refractivity contribution in [2.24, 2.45) is 5.92 Å². The summed E-state index contributed by atoms with van der Waals surface area (Å²) in [5.41, 5.74) is 0.947. The maximum Gasteiger partial charge on any atom is 0.261 e. The molecule has 1 saturated carbocycles. The second-order valence-electron chi connectivity index (χ2n) is 6.80. The lowest BCUT2D eigenvalue weighted by Crippen LogP contribution is -2.42. The molecule has 3 rings (SSSR count). The predicted octanol–water partition coefficient (Wildman–Crippen LogP) is 2.71. The number of carbonyl (C=O) groups is 3. The molecule has 0 aromatic heterocycles. The van der Waals surface area contributed by atoms with E-state index in [0.29, 0.717) is 35.1 Å². The van der Waals surface area contributed by atoms with Crippen LogP contribution in [0.2, 0.25) is 0 Å². The van der Waals surface area contributed by atoms with Crippen molar-refractivity contribution < 1.29 is 14.4 Å². The van der Waals surface area contributed by atoms with Crippen LogP contribution >= 0.6 is 11.8 Å². The summed E-state index contributed by atoms with van der Waals surface area (Å²) in [6.07, 6.45) is 4.68. The van der Waals surface area contributed by atoms with E-state index in [9.17, 15) is 14.4 Å². The Balaban J connectivity index is 1.41. The maximum absolute atomic E-state index is 12.3. The third-order valence-electron chi connectivity index (χ3n) is 5.03. The predicted molar refractivity (Wildman–Crippen MR) is 98.7 cm³/mol. The third kappa shape index (κ3) is 4.06. The van der Waals surface area contributed by atoms with Crippen LogP contribution in [-0.2, 0) is 4.79 Å². The number of rotatable bonds is 6. The number of fused-ring (bicyclic) bond motifs is 1. The first kappa shape index (κ1) is 18.0. The van der Waals surface area contributed by atoms with E-state index in [0.717, 1.165) is 6.42 Å². The van der Waals surface area contributed by atoms with Crippen LogP contribution in [-0.4, -0.2) is 46.7 Å². The van der Waals surface area contributed by atoms with Crippen molar-refractivity contribution in [1.82, 2.24) is 10.2 Å². The number of imide groups is 1. The third-order valence-corrected chi connectivity index (χ3v) is 5.97. The molecule has 0 spiro atoms. The number of amides is 3. The molecule has 1 aliphatic carbocycles. The Bertz CT molecular complexity index is 641. The number of carbonyl (C=O) groups excluding carboxylic acids is 3. The van der Waals surface area contributed by atoms with Gasteiger partial charge in [-0.3, -0.25) is 19.3 Å². The topological polar surface area (TPSA) is 66.5 Å². The molecule has 1 aliphatic heterocycles. The second kappa shape index (κ2) is 8.04. The van der Waals surface area contributed by atoms with Crippen LogP contribution in [0.5, 0.6) is 0 Å². The van der Waals surface area contributed by atoms with E-state index in [1.807, 2.05) is 0 Å². The molecule has 1 aromatic carbocycles. The highest BCUT2D eigenvalue weighted by Gasteiger charge is 2.34. The number of nitrogens with one attached hydrogen (secondary N) is 1. The molecule has 2 atom stereocenters. The molecule has 1 heterocycles. The molecule has 1 fully saturated rings. The van der Waals surface area contributed by atoms with Gasteiger partial charge in [0.05, 0.1) is 16.9 Å². The van der Waals surface area contributed by atoms with E-state index in [4.69, 9.17) is 0 Å². The van der Waals surface area contributed by atoms with Crippen LogP contribution in [0.25, 0.3) is 0 Å². The minimum atomic E-state index is -0.235. The summed E-state index contributed by atoms with van der Waals surface area (Å²) in [5, 5.41) is 3.12. The highest BCUT2D eigenvalue weighted by atomic mass is 32.2. The van der Waals surface area contributed by atoms with E-state index in [1.165, 1.54) is 35.9 Å². The van der Waals surface area contributed by atoms with Gasteiger partial charge in [-0.1, -0.05) is 31.9 Å². The lowest BCUT2D eigenvalue weighted by Gasteiger charge is -2.29. The zero-order valence-corrected chi connectivity index (χ0v) is 15.3. The molecule has 3 amide bonds. The molecular weight excluding hydrogens is 336 g/mol. The molecule has 6 heteroatoms. The zero-order valence-electron chi connectivity index (χ0n) is 14.5. The fourth-order valence-electron chi connectivity index (χ4n) is 3.54. The fraction of sp³-hybridized carbons (Fsp3) is 0.526. The van der Waals surface area contributed by atoms with Gasteiger partial charge in [0, 0.05) is 18.3 Å². The van der Waals surface area contributed by atoms with Gasteiger partial charge in [-0.15, -0.1) is 0 Å². The summed E-state index contributed by atoms with van der Waals surface area (Å²) >= 11 is 1.46. The molecule has 5 nitrogen and oxygen atoms in total. The summed E-state index contributed by atoms with van der Waals surface area (Å²) in [6.45, 7) is 2.53. The summed E-state index contributed by atoms with van der Waals surface area (Å²) < 4.78 is 0. The van der Waals surface area contributed by atoms with E-state index in [-0.39, 0.29) is 23.8 Å². The molecule has 134 valence electrons. The molecule has 0 saturated heterocycles. The molecular formula is C19H24N2O3S. The highest BCUT2D eigenvalue weighted by molar-refractivity contribution is 7.99. The molecule has 0 bridgehead atoms. The van der Waals surface area contributed by atoms with Crippen molar-refractivity contribution in [2.45, 2.75) is 38.6 Å². The average molecular weight is 360 g/mol. The average Bonchev–Trinajstić information content (AvgIpc) is 2.86. The van der Waals surface area contributed by atoms with E-state index < -0.39 is 0 Å². The van der Waals surface area contributed by atoms with Crippen LogP contribution < -0.4 is 5.32 Å². The first-order valence-corrected chi connectivity index (χ1v) is 10.1. The quantitative estimate of drug-likeness (QED) is 0.626. The summed E-state index contributed by atoms with van der Waals surface area (Å²) in [5.74, 6) is 1.06. The van der Waals surface area contributed by atoms with Gasteiger partial charge in [0.15, 0.2) is 0 Å². The van der Waals surface area contributed by atoms with Crippen LogP contribution in [0.1, 0.15) is 53.3 Å². The van der Waals surface area contributed by atoms with Crippen LogP contribution in [0.15, 0.2) is 24.3 Å². The normalized spacial score (nSPS) is 22.8. The molecule has 25 heavy (non-hydrogen) atoms. The van der Waals surface area contributed by atoms with Gasteiger partial charge in [-0.2, -0.15) is 11.8 Å². The lowest BCUT2D eigenvalue weighted by atomic mass is 9.86. The van der Waals surface area contributed by atoms with Gasteiger partial charge in [0.25, 0.3) is 11.8 Å². The first-order valence-electron chi connectivity index (χ1n) is 8.90. The molecule has 1 N–H and O–H groups in total. The van der Waals surface area contributed by atoms with Crippen molar-refractivity contribution in [1.29, 1.82) is 0 Å². The highest BCUT2D eigenvalue weighted by Crippen LogP contribution is 2.24. The Labute approximate surface area is 152 Å². The van der Waals surface area contributed by atoms with Crippen LogP contribution in [0.3, 0.4) is 0 Å². The number of thioether (sulfide) groups is 1. The molecule has 2 aliphatic rings. The van der Waals surface area contributed by atoms with Crippen molar-refractivity contribution in [3.8, 4) is 0 Å². The lowest BCUT2D eigenvalue weighted by molar-refractivity contribution is -0.119. The number of benzene rings is 1. The van der Waals surface area contributed by atoms with Crippen molar-refractivity contribution >= 4 is 29.5 Å². The Kier molecular flexibility index (Phi) is 5.78. The molecule has 1 aromatic rings. The van der Waals surface area contributed by atoms with Gasteiger partial charge in [-0.25, -0.2) is 0 Å². The minimum Gasteiger partial charge on any atom is -0.352 e. The van der Waals surface area contributed by atoms with Crippen molar-refractivity contribution in [3.63, 3.8) is 0 Å². The van der Waals surface area contributed by atoms with Gasteiger partial charge < -0.3 is 5.32 Å². The summed E-state index contributed by atoms with van der Waals surface area (Å²) in [6, 6.07) is 7.18. The van der Waals surface area contributed by atoms with E-state index in [1.54, 1.807) is 24.3 Å². The number of hydrogen-bond donors (Lipinski definition) is 1. The Morgan fingerprint density at radius 3 is 2.44 bits per heavy atom. The Morgan fingerprint density at radius 2 is 1.80 bits per heavy atom. The molecule has 0 unspecified atom stereocenters. The van der Waals surface area contributed by atoms with E-state index >= 15 is 0 Å². The fourth-order valence-corrected chi connectivity index (χ4v) is 4.27. The zero-order chi connectivity index (χ0) is 17.8. The summed E-state index contributed by atoms with van der Waals surface area (Å²) in [4.78, 5) is 37.9. The monoisotopic (exact) mass is 360 g/mol. The van der Waals surface area contributed by atoms with Crippen LogP contribution in [0.4, 0.5) is 0 Å². The van der Waals surface area contributed by atoms with Crippen molar-refractivity contribution in [3.05, 3.63) is 35.4 Å². The van der Waals surface area contributed by atoms with Gasteiger partial charge >= 0.3 is 0 Å². The number of nitrogens with zero attached hydrogens (tertiary/aromatic N) is 1. The Morgan fingerprint density at radius 1 is 1.16 bits per heavy atom. The second-order valence-corrected chi connectivity index (χ2v) is 7.90. The smallest absolute Gasteiger partial charge is 0.261 e. The SMILES string of the molecule is C[C@H]1CCCC[C@@H]1NC(=O)CSCCN1C(=O)c2ccccc2C1=O. The van der Waals surface area contributed by atoms with Crippen LogP contribution in [0, 0.1) is 5.92 Å². The van der Waals surface area contributed by atoms with Gasteiger partial charge in [0.2, 0.25) is 5.91 Å². The van der Waals surface area contributed by atoms with Gasteiger partial charge in [0.1, 0.15) is 0 Å². The van der Waals surface area contributed by atoms with E-state index in [2.05, 4.69) is 12.2 Å². The largest absolute Gasteiger partial charge is 0.352 e. The number of hydrogen-bond acceptors (Lipinski definition) is 4. The standard InChI is InChI=1S/C19H24N2O3S/c1-13-6-2-5-9-16(13)20-17(22)12-25-11-10-21-18(23)14-7-3-4-8-15(14)19(21)24/h3-4,7-8,13,16H,2,5-6,9-12H2,1H3,(H,20,22)/t13-,16-/m0/s1. The maximum atomic E-state index is 12.3. The summed E-state index contributed by atoms with van der Waals surface area (Å²) in [7, 11) is 0. The minimum absolute atomic E-state index is 0.0473. The molecule has 0 radical (unpaired) electrons. The van der Waals surface area contributed by atoms with Crippen molar-refractivity contribution in [2.75, 3.05) is 18.1 Å². The first-order chi connectivity index (χ1) is 12.1. The Hall–Kier alpha value is -1.82.